The molecule has 198 valence electrons. The summed E-state index contributed by atoms with van der Waals surface area (Å²) in [5.74, 6) is 1.26. The van der Waals surface area contributed by atoms with E-state index in [4.69, 9.17) is 4.98 Å². The molecular formula is C30H35N5O2S. The van der Waals surface area contributed by atoms with Crippen LogP contribution in [0.4, 0.5) is 0 Å². The van der Waals surface area contributed by atoms with Crippen molar-refractivity contribution in [2.24, 2.45) is 5.92 Å². The van der Waals surface area contributed by atoms with Crippen molar-refractivity contribution in [3.05, 3.63) is 93.2 Å². The van der Waals surface area contributed by atoms with Crippen molar-refractivity contribution < 1.29 is 4.79 Å². The average molecular weight is 530 g/mol. The standard InChI is InChI=1S/C30H35N5O2S/c1-21-12-14-25(15-13-21)29(36)34(19-24-10-6-16-31-18-24)17-7-11-26-32-28-27(22(2)33-38-28)30(37)35(26)20-23-8-4-3-5-9-23/h3-5,8-9,12-15,24,31H,6-7,10-11,16-20H2,1-2H3. The minimum atomic E-state index is -0.0408. The SMILES string of the molecule is Cc1ccc(C(=O)N(CCCc2nc3snc(C)c3c(=O)n2Cc2ccccc2)CC2CCCNC2)cc1. The highest BCUT2D eigenvalue weighted by Gasteiger charge is 2.22. The number of aromatic nitrogens is 3. The molecule has 1 unspecified atom stereocenters. The summed E-state index contributed by atoms with van der Waals surface area (Å²) in [5, 5.41) is 4.08. The molecule has 5 rings (SSSR count). The Morgan fingerprint density at radius 2 is 1.92 bits per heavy atom. The van der Waals surface area contributed by atoms with Crippen LogP contribution in [-0.4, -0.2) is 50.9 Å². The van der Waals surface area contributed by atoms with Crippen LogP contribution in [0.1, 0.15) is 52.3 Å². The largest absolute Gasteiger partial charge is 0.338 e. The molecule has 3 heterocycles. The van der Waals surface area contributed by atoms with E-state index in [-0.39, 0.29) is 11.5 Å². The molecule has 0 bridgehead atoms. The summed E-state index contributed by atoms with van der Waals surface area (Å²) in [6, 6.07) is 17.8. The van der Waals surface area contributed by atoms with Gasteiger partial charge in [0.1, 0.15) is 5.82 Å². The molecule has 8 heteroatoms. The molecule has 4 aromatic rings. The number of carbonyl (C=O) groups excluding carboxylic acids is 1. The molecule has 7 nitrogen and oxygen atoms in total. The molecule has 1 fully saturated rings. The van der Waals surface area contributed by atoms with E-state index in [1.807, 2.05) is 73.3 Å². The molecule has 1 aliphatic heterocycles. The lowest BCUT2D eigenvalue weighted by molar-refractivity contribution is 0.0716. The Balaban J connectivity index is 1.38. The van der Waals surface area contributed by atoms with Crippen LogP contribution >= 0.6 is 11.5 Å². The van der Waals surface area contributed by atoms with E-state index in [1.54, 1.807) is 4.57 Å². The van der Waals surface area contributed by atoms with E-state index < -0.39 is 0 Å². The van der Waals surface area contributed by atoms with Gasteiger partial charge in [0, 0.05) is 25.1 Å². The molecule has 2 aromatic heterocycles. The van der Waals surface area contributed by atoms with Crippen molar-refractivity contribution in [3.63, 3.8) is 0 Å². The molecule has 0 radical (unpaired) electrons. The second-order valence-corrected chi connectivity index (χ2v) is 11.0. The number of fused-ring (bicyclic) bond motifs is 1. The van der Waals surface area contributed by atoms with Gasteiger partial charge in [-0.25, -0.2) is 4.98 Å². The molecule has 1 aliphatic rings. The zero-order valence-corrected chi connectivity index (χ0v) is 23.0. The maximum Gasteiger partial charge on any atom is 0.264 e. The number of amides is 1. The van der Waals surface area contributed by atoms with Crippen LogP contribution in [0.15, 0.2) is 59.4 Å². The van der Waals surface area contributed by atoms with E-state index in [0.29, 0.717) is 35.6 Å². The summed E-state index contributed by atoms with van der Waals surface area (Å²) in [4.78, 5) is 34.6. The molecule has 1 amide bonds. The summed E-state index contributed by atoms with van der Waals surface area (Å²) in [6.07, 6.45) is 3.60. The van der Waals surface area contributed by atoms with Crippen LogP contribution in [0, 0.1) is 19.8 Å². The summed E-state index contributed by atoms with van der Waals surface area (Å²) in [6.45, 7) is 7.70. The molecule has 1 atom stereocenters. The minimum Gasteiger partial charge on any atom is -0.338 e. The first kappa shape index (κ1) is 26.3. The number of nitrogens with zero attached hydrogens (tertiary/aromatic N) is 4. The molecular weight excluding hydrogens is 494 g/mol. The van der Waals surface area contributed by atoms with E-state index in [0.717, 1.165) is 67.1 Å². The third kappa shape index (κ3) is 6.03. The monoisotopic (exact) mass is 529 g/mol. The van der Waals surface area contributed by atoms with Gasteiger partial charge in [-0.1, -0.05) is 48.0 Å². The lowest BCUT2D eigenvalue weighted by Crippen LogP contribution is -2.41. The number of piperidine rings is 1. The Kier molecular flexibility index (Phi) is 8.29. The normalized spacial score (nSPS) is 15.6. The Morgan fingerprint density at radius 3 is 2.66 bits per heavy atom. The van der Waals surface area contributed by atoms with Crippen molar-refractivity contribution in [1.29, 1.82) is 0 Å². The number of rotatable bonds is 9. The predicted molar refractivity (Wildman–Crippen MR) is 153 cm³/mol. The first-order valence-electron chi connectivity index (χ1n) is 13.5. The van der Waals surface area contributed by atoms with E-state index in [2.05, 4.69) is 9.69 Å². The van der Waals surface area contributed by atoms with E-state index in [9.17, 15) is 9.59 Å². The number of aryl methyl sites for hydroxylation is 3. The minimum absolute atomic E-state index is 0.0408. The van der Waals surface area contributed by atoms with E-state index >= 15 is 0 Å². The number of nitrogens with one attached hydrogen (secondary N) is 1. The zero-order chi connectivity index (χ0) is 26.5. The van der Waals surface area contributed by atoms with Crippen LogP contribution in [0.2, 0.25) is 0 Å². The first-order chi connectivity index (χ1) is 18.5. The summed E-state index contributed by atoms with van der Waals surface area (Å²) < 4.78 is 6.18. The maximum atomic E-state index is 13.5. The van der Waals surface area contributed by atoms with Gasteiger partial charge in [0.05, 0.1) is 17.6 Å². The van der Waals surface area contributed by atoms with Crippen LogP contribution in [0.5, 0.6) is 0 Å². The van der Waals surface area contributed by atoms with Crippen LogP contribution in [0.25, 0.3) is 10.2 Å². The fourth-order valence-electron chi connectivity index (χ4n) is 5.20. The first-order valence-corrected chi connectivity index (χ1v) is 14.2. The van der Waals surface area contributed by atoms with Crippen LogP contribution in [-0.2, 0) is 13.0 Å². The van der Waals surface area contributed by atoms with Gasteiger partial charge in [0.15, 0.2) is 4.83 Å². The molecule has 38 heavy (non-hydrogen) atoms. The summed E-state index contributed by atoms with van der Waals surface area (Å²) >= 11 is 1.28. The molecule has 0 spiro atoms. The summed E-state index contributed by atoms with van der Waals surface area (Å²) in [7, 11) is 0. The molecule has 0 aliphatic carbocycles. The van der Waals surface area contributed by atoms with Gasteiger partial charge in [0.25, 0.3) is 11.5 Å². The fraction of sp³-hybridized carbons (Fsp3) is 0.400. The predicted octanol–water partition coefficient (Wildman–Crippen LogP) is 4.59. The highest BCUT2D eigenvalue weighted by molar-refractivity contribution is 7.12. The highest BCUT2D eigenvalue weighted by Crippen LogP contribution is 2.19. The Morgan fingerprint density at radius 1 is 1.13 bits per heavy atom. The zero-order valence-electron chi connectivity index (χ0n) is 22.2. The quantitative estimate of drug-likeness (QED) is 0.343. The molecule has 0 saturated carbocycles. The lowest BCUT2D eigenvalue weighted by Gasteiger charge is -2.30. The number of benzene rings is 2. The fourth-order valence-corrected chi connectivity index (χ4v) is 5.99. The Labute approximate surface area is 227 Å². The number of hydrogen-bond donors (Lipinski definition) is 1. The second-order valence-electron chi connectivity index (χ2n) is 10.3. The number of carbonyl (C=O) groups is 1. The lowest BCUT2D eigenvalue weighted by atomic mass is 9.98. The number of hydrogen-bond acceptors (Lipinski definition) is 6. The third-order valence-corrected chi connectivity index (χ3v) is 8.15. The molecule has 1 N–H and O–H groups in total. The third-order valence-electron chi connectivity index (χ3n) is 7.32. The molecule has 1 saturated heterocycles. The van der Waals surface area contributed by atoms with Crippen molar-refractivity contribution in [2.45, 2.75) is 46.1 Å². The van der Waals surface area contributed by atoms with Gasteiger partial charge in [-0.05, 0) is 81.3 Å². The van der Waals surface area contributed by atoms with Gasteiger partial charge in [-0.15, -0.1) is 0 Å². The van der Waals surface area contributed by atoms with Crippen molar-refractivity contribution >= 4 is 27.7 Å². The van der Waals surface area contributed by atoms with Crippen LogP contribution < -0.4 is 10.9 Å². The van der Waals surface area contributed by atoms with Gasteiger partial charge in [0.2, 0.25) is 0 Å². The summed E-state index contributed by atoms with van der Waals surface area (Å²) in [5.41, 5.74) is 3.60. The van der Waals surface area contributed by atoms with Crippen molar-refractivity contribution in [1.82, 2.24) is 24.1 Å². The van der Waals surface area contributed by atoms with Crippen molar-refractivity contribution in [3.8, 4) is 0 Å². The van der Waals surface area contributed by atoms with Crippen molar-refractivity contribution in [2.75, 3.05) is 26.2 Å². The molecule has 2 aromatic carbocycles. The Bertz CT molecular complexity index is 1440. The topological polar surface area (TPSA) is 80.1 Å². The maximum absolute atomic E-state index is 13.5. The smallest absolute Gasteiger partial charge is 0.264 e. The second kappa shape index (κ2) is 12.0. The van der Waals surface area contributed by atoms with Gasteiger partial charge < -0.3 is 10.2 Å². The average Bonchev–Trinajstić information content (AvgIpc) is 3.31. The Hall–Kier alpha value is -3.36. The van der Waals surface area contributed by atoms with E-state index in [1.165, 1.54) is 11.5 Å². The van der Waals surface area contributed by atoms with Gasteiger partial charge in [-0.3, -0.25) is 14.2 Å². The van der Waals surface area contributed by atoms with Gasteiger partial charge >= 0.3 is 0 Å². The highest BCUT2D eigenvalue weighted by atomic mass is 32.1. The van der Waals surface area contributed by atoms with Crippen LogP contribution in [0.3, 0.4) is 0 Å². The van der Waals surface area contributed by atoms with Gasteiger partial charge in [-0.2, -0.15) is 4.37 Å².